The number of aryl methyl sites for hydroxylation is 1. The second-order valence-electron chi connectivity index (χ2n) is 8.22. The van der Waals surface area contributed by atoms with Crippen LogP contribution in [-0.2, 0) is 20.0 Å². The van der Waals surface area contributed by atoms with Gasteiger partial charge in [0.05, 0.1) is 18.5 Å². The Morgan fingerprint density at radius 2 is 1.81 bits per heavy atom. The molecule has 4 rings (SSSR count). The van der Waals surface area contributed by atoms with Crippen LogP contribution in [0.25, 0.3) is 11.1 Å². The molecule has 0 radical (unpaired) electrons. The summed E-state index contributed by atoms with van der Waals surface area (Å²) >= 11 is 0.996. The topological polar surface area (TPSA) is 83.9 Å². The Morgan fingerprint density at radius 3 is 2.38 bits per heavy atom. The zero-order valence-corrected chi connectivity index (χ0v) is 20.0. The zero-order valence-electron chi connectivity index (χ0n) is 19.2. The first-order chi connectivity index (χ1) is 17.4. The molecule has 0 saturated carbocycles. The van der Waals surface area contributed by atoms with Gasteiger partial charge in [-0.15, -0.1) is 0 Å². The predicted octanol–water partition coefficient (Wildman–Crippen LogP) is 4.27. The number of carbonyl (C=O) groups excluding carboxylic acids is 2. The van der Waals surface area contributed by atoms with Crippen LogP contribution in [0.2, 0.25) is 0 Å². The van der Waals surface area contributed by atoms with Crippen molar-refractivity contribution in [2.45, 2.75) is 37.3 Å². The Kier molecular flexibility index (Phi) is 8.50. The molecule has 0 amide bonds. The van der Waals surface area contributed by atoms with Crippen LogP contribution in [0.1, 0.15) is 17.7 Å². The van der Waals surface area contributed by atoms with E-state index in [9.17, 15) is 30.7 Å². The van der Waals surface area contributed by atoms with Crippen LogP contribution >= 0.6 is 11.9 Å². The van der Waals surface area contributed by atoms with Gasteiger partial charge >= 0.3 is 6.15 Å². The number of benzene rings is 1. The summed E-state index contributed by atoms with van der Waals surface area (Å²) in [5, 5.41) is 3.65. The maximum absolute atomic E-state index is 14.6. The summed E-state index contributed by atoms with van der Waals surface area (Å²) in [6.07, 6.45) is -0.932. The fourth-order valence-electron chi connectivity index (χ4n) is 4.09. The highest BCUT2D eigenvalue weighted by atomic mass is 32.2. The Labute approximate surface area is 210 Å². The molecule has 200 valence electrons. The third-order valence-electron chi connectivity index (χ3n) is 5.73. The number of aromatic nitrogens is 1. The maximum Gasteiger partial charge on any atom is 0.373 e. The standard InChI is InChI=1S/C21H19F7N4OS.CO2/c1-10-3-12(17-13(23)4-11(22)5-14(17)24)18(29-7-10)20(19(25)26)6-16(30-33-20)32-8-15(31-34-2)21(27,28)9-32;2-1-3/h3-5,7,15,19,31H,6,8-9H2,1-2H3;/t15-,20?;/m1./s1. The molecular weight excluding hydrogens is 533 g/mol. The highest BCUT2D eigenvalue weighted by Crippen LogP contribution is 2.46. The Balaban J connectivity index is 0.00000121. The monoisotopic (exact) mass is 552 g/mol. The second kappa shape index (κ2) is 11.1. The summed E-state index contributed by atoms with van der Waals surface area (Å²) < 4.78 is 103. The Hall–Kier alpha value is -3.16. The van der Waals surface area contributed by atoms with E-state index in [2.05, 4.69) is 14.9 Å². The summed E-state index contributed by atoms with van der Waals surface area (Å²) in [6, 6.07) is 0.808. The minimum absolute atomic E-state index is 0.168. The minimum atomic E-state index is -3.29. The molecule has 37 heavy (non-hydrogen) atoms. The Morgan fingerprint density at radius 1 is 1.19 bits per heavy atom. The van der Waals surface area contributed by atoms with Crippen molar-refractivity contribution in [3.8, 4) is 11.1 Å². The minimum Gasteiger partial charge on any atom is -0.374 e. The van der Waals surface area contributed by atoms with Crippen molar-refractivity contribution in [2.75, 3.05) is 19.3 Å². The molecule has 0 aliphatic carbocycles. The van der Waals surface area contributed by atoms with Gasteiger partial charge in [0.2, 0.25) is 5.60 Å². The average Bonchev–Trinajstić information content (AvgIpc) is 3.36. The number of amidine groups is 1. The third kappa shape index (κ3) is 5.58. The van der Waals surface area contributed by atoms with E-state index < -0.39 is 65.7 Å². The molecule has 1 aromatic carbocycles. The van der Waals surface area contributed by atoms with E-state index in [0.717, 1.165) is 16.8 Å². The summed E-state index contributed by atoms with van der Waals surface area (Å²) in [6.45, 7) is 0.532. The van der Waals surface area contributed by atoms with E-state index >= 15 is 0 Å². The fourth-order valence-corrected chi connectivity index (χ4v) is 4.62. The van der Waals surface area contributed by atoms with Crippen LogP contribution in [0.15, 0.2) is 29.6 Å². The summed E-state index contributed by atoms with van der Waals surface area (Å²) in [5.41, 5.74) is -3.88. The van der Waals surface area contributed by atoms with E-state index in [0.29, 0.717) is 17.7 Å². The second-order valence-corrected chi connectivity index (χ2v) is 8.86. The van der Waals surface area contributed by atoms with Gasteiger partial charge in [0.15, 0.2) is 0 Å². The number of pyridine rings is 1. The molecule has 2 aromatic rings. The number of nitrogens with zero attached hydrogens (tertiary/aromatic N) is 3. The molecule has 2 atom stereocenters. The molecule has 0 spiro atoms. The third-order valence-corrected chi connectivity index (χ3v) is 6.25. The first kappa shape index (κ1) is 28.4. The molecule has 1 N–H and O–H groups in total. The highest BCUT2D eigenvalue weighted by molar-refractivity contribution is 7.96. The lowest BCUT2D eigenvalue weighted by Gasteiger charge is -2.28. The largest absolute Gasteiger partial charge is 0.374 e. The van der Waals surface area contributed by atoms with Gasteiger partial charge in [-0.2, -0.15) is 9.59 Å². The number of hydrogen-bond acceptors (Lipinski definition) is 8. The SMILES string of the molecule is CSN[C@@H]1CN(C2=NOC(c3ncc(C)cc3-c3c(F)cc(F)cc3F)(C(F)F)C2)CC1(F)F.O=C=O. The molecule has 2 aliphatic heterocycles. The lowest BCUT2D eigenvalue weighted by atomic mass is 9.88. The molecule has 7 nitrogen and oxygen atoms in total. The van der Waals surface area contributed by atoms with Gasteiger partial charge in [-0.25, -0.2) is 30.7 Å². The lowest BCUT2D eigenvalue weighted by Crippen LogP contribution is -2.40. The van der Waals surface area contributed by atoms with Crippen molar-refractivity contribution in [1.29, 1.82) is 0 Å². The number of alkyl halides is 4. The fraction of sp³-hybridized carbons (Fsp3) is 0.409. The van der Waals surface area contributed by atoms with Crippen molar-refractivity contribution in [2.24, 2.45) is 5.16 Å². The first-order valence-corrected chi connectivity index (χ1v) is 11.7. The highest BCUT2D eigenvalue weighted by Gasteiger charge is 2.56. The van der Waals surface area contributed by atoms with Crippen molar-refractivity contribution in [1.82, 2.24) is 14.6 Å². The number of likely N-dealkylation sites (tertiary alicyclic amines) is 1. The number of hydrogen-bond donors (Lipinski definition) is 1. The van der Waals surface area contributed by atoms with Gasteiger partial charge in [-0.1, -0.05) is 17.1 Å². The van der Waals surface area contributed by atoms with E-state index in [1.54, 1.807) is 6.26 Å². The van der Waals surface area contributed by atoms with Crippen LogP contribution in [-0.4, -0.2) is 59.6 Å². The maximum atomic E-state index is 14.6. The van der Waals surface area contributed by atoms with Crippen LogP contribution in [0.5, 0.6) is 0 Å². The van der Waals surface area contributed by atoms with Gasteiger partial charge < -0.3 is 9.74 Å². The van der Waals surface area contributed by atoms with Crippen molar-refractivity contribution >= 4 is 23.9 Å². The van der Waals surface area contributed by atoms with Crippen LogP contribution in [0.4, 0.5) is 30.7 Å². The number of nitrogens with one attached hydrogen (secondary N) is 1. The van der Waals surface area contributed by atoms with Gasteiger partial charge in [0, 0.05) is 30.4 Å². The van der Waals surface area contributed by atoms with Crippen LogP contribution in [0, 0.1) is 24.4 Å². The number of halogens is 7. The smallest absolute Gasteiger partial charge is 0.373 e. The van der Waals surface area contributed by atoms with Crippen molar-refractivity contribution in [3.05, 3.63) is 53.1 Å². The van der Waals surface area contributed by atoms with Crippen molar-refractivity contribution < 1.29 is 45.2 Å². The molecule has 1 aromatic heterocycles. The quantitative estimate of drug-likeness (QED) is 0.438. The van der Waals surface area contributed by atoms with E-state index in [4.69, 9.17) is 14.4 Å². The molecule has 0 bridgehead atoms. The average molecular weight is 552 g/mol. The van der Waals surface area contributed by atoms with E-state index in [1.807, 2.05) is 0 Å². The van der Waals surface area contributed by atoms with E-state index in [1.165, 1.54) is 19.2 Å². The zero-order chi connectivity index (χ0) is 27.5. The number of rotatable bonds is 5. The summed E-state index contributed by atoms with van der Waals surface area (Å²) in [5.74, 6) is -7.15. The normalized spacial score (nSPS) is 22.3. The lowest BCUT2D eigenvalue weighted by molar-refractivity contribution is -0.191. The Bertz CT molecular complexity index is 1200. The van der Waals surface area contributed by atoms with Gasteiger partial charge in [0.1, 0.15) is 35.0 Å². The van der Waals surface area contributed by atoms with E-state index in [-0.39, 0.29) is 24.1 Å². The molecule has 3 heterocycles. The van der Waals surface area contributed by atoms with Gasteiger partial charge in [-0.05, 0) is 24.8 Å². The van der Waals surface area contributed by atoms with Crippen molar-refractivity contribution in [3.63, 3.8) is 0 Å². The molecular formula is C22H19F7N4O3S. The first-order valence-electron chi connectivity index (χ1n) is 10.5. The summed E-state index contributed by atoms with van der Waals surface area (Å²) in [7, 11) is 0. The van der Waals surface area contributed by atoms with Gasteiger partial charge in [-0.3, -0.25) is 9.71 Å². The molecule has 15 heteroatoms. The predicted molar refractivity (Wildman–Crippen MR) is 117 cm³/mol. The molecule has 1 saturated heterocycles. The molecule has 2 aliphatic rings. The number of oxime groups is 1. The summed E-state index contributed by atoms with van der Waals surface area (Å²) in [4.78, 5) is 26.5. The van der Waals surface area contributed by atoms with Gasteiger partial charge in [0.25, 0.3) is 12.3 Å². The molecule has 1 fully saturated rings. The van der Waals surface area contributed by atoms with Crippen LogP contribution in [0.3, 0.4) is 0 Å². The molecule has 1 unspecified atom stereocenters. The van der Waals surface area contributed by atoms with Crippen LogP contribution < -0.4 is 4.72 Å².